The summed E-state index contributed by atoms with van der Waals surface area (Å²) in [5.74, 6) is 1.84. The van der Waals surface area contributed by atoms with Gasteiger partial charge in [-0.05, 0) is 46.8 Å². The lowest BCUT2D eigenvalue weighted by Crippen LogP contribution is -2.00. The second-order valence-electron chi connectivity index (χ2n) is 13.6. The molecule has 0 spiro atoms. The molecule has 54 heavy (non-hydrogen) atoms. The number of rotatable bonds is 5. The Morgan fingerprint density at radius 2 is 0.963 bits per heavy atom. The first-order valence-electron chi connectivity index (χ1n) is 18.1. The van der Waals surface area contributed by atoms with Gasteiger partial charge in [0.15, 0.2) is 17.5 Å². The summed E-state index contributed by atoms with van der Waals surface area (Å²) in [4.78, 5) is 15.1. The largest absolute Gasteiger partial charge is 0.456 e. The van der Waals surface area contributed by atoms with Crippen molar-refractivity contribution >= 4 is 54.5 Å². The number of nitrogens with zero attached hydrogens (tertiary/aromatic N) is 4. The molecule has 0 aliphatic carbocycles. The van der Waals surface area contributed by atoms with Crippen LogP contribution in [-0.2, 0) is 0 Å². The van der Waals surface area contributed by atoms with Gasteiger partial charge in [-0.25, -0.2) is 15.0 Å². The van der Waals surface area contributed by atoms with Gasteiger partial charge in [-0.15, -0.1) is 0 Å². The van der Waals surface area contributed by atoms with Gasteiger partial charge in [0.1, 0.15) is 11.2 Å². The molecule has 0 aliphatic heterocycles. The Balaban J connectivity index is 0.993. The number of hydrogen-bond acceptors (Lipinski definition) is 4. The topological polar surface area (TPSA) is 56.7 Å². The molecule has 0 unspecified atom stereocenters. The van der Waals surface area contributed by atoms with E-state index in [1.165, 1.54) is 32.6 Å². The second kappa shape index (κ2) is 12.1. The van der Waals surface area contributed by atoms with Gasteiger partial charge in [0, 0.05) is 49.3 Å². The fourth-order valence-corrected chi connectivity index (χ4v) is 7.92. The van der Waals surface area contributed by atoms with E-state index in [4.69, 9.17) is 19.4 Å². The van der Waals surface area contributed by atoms with Crippen molar-refractivity contribution in [3.05, 3.63) is 182 Å². The molecule has 8 aromatic carbocycles. The van der Waals surface area contributed by atoms with E-state index in [0.717, 1.165) is 55.4 Å². The van der Waals surface area contributed by atoms with Gasteiger partial charge in [-0.1, -0.05) is 152 Å². The smallest absolute Gasteiger partial charge is 0.164 e. The summed E-state index contributed by atoms with van der Waals surface area (Å²) in [5.41, 5.74) is 10.2. The predicted molar refractivity (Wildman–Crippen MR) is 221 cm³/mol. The van der Waals surface area contributed by atoms with E-state index in [1.807, 2.05) is 60.7 Å². The SMILES string of the molecule is c1ccc(-c2nc(-c3ccc(-c4ccc(-n5c6ccccc6c6ccc7ccccc7c65)cc4)cc3)nc(-c3cccc4oc5ccccc5c34)n2)cc1. The van der Waals surface area contributed by atoms with E-state index in [2.05, 4.69) is 126 Å². The lowest BCUT2D eigenvalue weighted by atomic mass is 10.0. The average molecular weight is 691 g/mol. The monoisotopic (exact) mass is 690 g/mol. The number of hydrogen-bond donors (Lipinski definition) is 0. The molecule has 0 aliphatic rings. The Morgan fingerprint density at radius 3 is 1.76 bits per heavy atom. The van der Waals surface area contributed by atoms with Crippen LogP contribution in [0.15, 0.2) is 186 Å². The number of para-hydroxylation sites is 2. The number of fused-ring (bicyclic) bond motifs is 8. The summed E-state index contributed by atoms with van der Waals surface area (Å²) in [7, 11) is 0. The van der Waals surface area contributed by atoms with Crippen LogP contribution >= 0.6 is 0 Å². The highest BCUT2D eigenvalue weighted by Crippen LogP contribution is 2.38. The summed E-state index contributed by atoms with van der Waals surface area (Å²) >= 11 is 0. The van der Waals surface area contributed by atoms with Crippen molar-refractivity contribution in [3.8, 4) is 51.0 Å². The van der Waals surface area contributed by atoms with E-state index >= 15 is 0 Å². The third kappa shape index (κ3) is 4.83. The normalized spacial score (nSPS) is 11.7. The lowest BCUT2D eigenvalue weighted by Gasteiger charge is -2.12. The predicted octanol–water partition coefficient (Wildman–Crippen LogP) is 12.7. The van der Waals surface area contributed by atoms with E-state index in [1.54, 1.807) is 0 Å². The van der Waals surface area contributed by atoms with Crippen LogP contribution < -0.4 is 0 Å². The molecule has 0 saturated carbocycles. The molecule has 0 amide bonds. The fraction of sp³-hybridized carbons (Fsp3) is 0. The summed E-state index contributed by atoms with van der Waals surface area (Å²) in [6.45, 7) is 0. The van der Waals surface area contributed by atoms with E-state index in [0.29, 0.717) is 17.5 Å². The van der Waals surface area contributed by atoms with Crippen LogP contribution in [0.25, 0.3) is 105 Å². The summed E-state index contributed by atoms with van der Waals surface area (Å²) in [6, 6.07) is 63.4. The molecule has 0 radical (unpaired) electrons. The maximum atomic E-state index is 6.21. The Labute approximate surface area is 310 Å². The minimum Gasteiger partial charge on any atom is -0.456 e. The Morgan fingerprint density at radius 1 is 0.370 bits per heavy atom. The number of benzene rings is 8. The van der Waals surface area contributed by atoms with Crippen molar-refractivity contribution in [2.45, 2.75) is 0 Å². The van der Waals surface area contributed by atoms with Crippen molar-refractivity contribution in [2.24, 2.45) is 0 Å². The number of furan rings is 1. The maximum Gasteiger partial charge on any atom is 0.164 e. The minimum atomic E-state index is 0.605. The van der Waals surface area contributed by atoms with Crippen LogP contribution in [0.3, 0.4) is 0 Å². The average Bonchev–Trinajstić information content (AvgIpc) is 3.80. The molecule has 3 heterocycles. The summed E-state index contributed by atoms with van der Waals surface area (Å²) < 4.78 is 8.61. The van der Waals surface area contributed by atoms with Crippen molar-refractivity contribution in [1.29, 1.82) is 0 Å². The fourth-order valence-electron chi connectivity index (χ4n) is 7.92. The van der Waals surface area contributed by atoms with Crippen LogP contribution in [0.1, 0.15) is 0 Å². The summed E-state index contributed by atoms with van der Waals surface area (Å²) in [6.07, 6.45) is 0. The van der Waals surface area contributed by atoms with Gasteiger partial charge >= 0.3 is 0 Å². The molecule has 252 valence electrons. The molecule has 0 bridgehead atoms. The Bertz CT molecular complexity index is 3200. The van der Waals surface area contributed by atoms with Gasteiger partial charge in [-0.2, -0.15) is 0 Å². The molecule has 0 saturated heterocycles. The molecule has 11 rings (SSSR count). The van der Waals surface area contributed by atoms with Crippen molar-refractivity contribution in [1.82, 2.24) is 19.5 Å². The highest BCUT2D eigenvalue weighted by atomic mass is 16.3. The Kier molecular flexibility index (Phi) is 6.79. The van der Waals surface area contributed by atoms with Crippen molar-refractivity contribution in [3.63, 3.8) is 0 Å². The highest BCUT2D eigenvalue weighted by Gasteiger charge is 2.18. The van der Waals surface area contributed by atoms with E-state index < -0.39 is 0 Å². The van der Waals surface area contributed by atoms with Gasteiger partial charge in [-0.3, -0.25) is 0 Å². The zero-order valence-corrected chi connectivity index (χ0v) is 29.0. The second-order valence-corrected chi connectivity index (χ2v) is 13.6. The van der Waals surface area contributed by atoms with Gasteiger partial charge in [0.2, 0.25) is 0 Å². The third-order valence-corrected chi connectivity index (χ3v) is 10.5. The molecule has 5 heteroatoms. The first-order chi connectivity index (χ1) is 26.8. The third-order valence-electron chi connectivity index (χ3n) is 10.5. The van der Waals surface area contributed by atoms with Gasteiger partial charge in [0.05, 0.1) is 11.0 Å². The van der Waals surface area contributed by atoms with Crippen molar-refractivity contribution < 1.29 is 4.42 Å². The Hall–Kier alpha value is -7.37. The van der Waals surface area contributed by atoms with Crippen LogP contribution in [0.4, 0.5) is 0 Å². The van der Waals surface area contributed by atoms with Gasteiger partial charge < -0.3 is 8.98 Å². The highest BCUT2D eigenvalue weighted by molar-refractivity contribution is 6.18. The van der Waals surface area contributed by atoms with Crippen LogP contribution in [0, 0.1) is 0 Å². The van der Waals surface area contributed by atoms with Crippen LogP contribution in [0.5, 0.6) is 0 Å². The van der Waals surface area contributed by atoms with E-state index in [9.17, 15) is 0 Å². The zero-order chi connectivity index (χ0) is 35.6. The standard InChI is InChI=1S/C49H30N4O/c1-2-12-34(13-3-1)47-50-48(52-49(51-47)41-17-10-20-44-45(41)40-16-7-9-19-43(40)54-44)35-23-21-31(22-24-35)32-25-28-36(29-26-32)53-42-18-8-6-15-38(42)39-30-27-33-11-4-5-14-37(33)46(39)53/h1-30H. The summed E-state index contributed by atoms with van der Waals surface area (Å²) in [5, 5.41) is 7.03. The molecule has 3 aromatic heterocycles. The molecular formula is C49H30N4O. The molecule has 0 fully saturated rings. The van der Waals surface area contributed by atoms with Crippen LogP contribution in [-0.4, -0.2) is 19.5 Å². The van der Waals surface area contributed by atoms with Gasteiger partial charge in [0.25, 0.3) is 0 Å². The lowest BCUT2D eigenvalue weighted by molar-refractivity contribution is 0.669. The molecule has 0 N–H and O–H groups in total. The van der Waals surface area contributed by atoms with Crippen LogP contribution in [0.2, 0.25) is 0 Å². The number of aromatic nitrogens is 4. The van der Waals surface area contributed by atoms with E-state index in [-0.39, 0.29) is 0 Å². The minimum absolute atomic E-state index is 0.605. The van der Waals surface area contributed by atoms with Crippen molar-refractivity contribution in [2.75, 3.05) is 0 Å². The molecular weight excluding hydrogens is 661 g/mol. The first kappa shape index (κ1) is 30.3. The molecule has 0 atom stereocenters. The maximum absolute atomic E-state index is 6.21. The quantitative estimate of drug-likeness (QED) is 0.180. The zero-order valence-electron chi connectivity index (χ0n) is 29.0. The molecule has 11 aromatic rings. The molecule has 5 nitrogen and oxygen atoms in total. The first-order valence-corrected chi connectivity index (χ1v) is 18.1.